The Hall–Kier alpha value is -2.17. The quantitative estimate of drug-likeness (QED) is 0.871. The smallest absolute Gasteiger partial charge is 0.358 e. The Labute approximate surface area is 98.7 Å². The third kappa shape index (κ3) is 2.50. The van der Waals surface area contributed by atoms with Gasteiger partial charge in [-0.1, -0.05) is 23.4 Å². The summed E-state index contributed by atoms with van der Waals surface area (Å²) in [6.45, 7) is 4.63. The zero-order chi connectivity index (χ0) is 12.4. The first-order chi connectivity index (χ1) is 8.06. The van der Waals surface area contributed by atoms with Crippen LogP contribution in [-0.2, 0) is 6.54 Å². The van der Waals surface area contributed by atoms with Crippen molar-refractivity contribution in [2.24, 2.45) is 0 Å². The lowest BCUT2D eigenvalue weighted by molar-refractivity contribution is 0.0690. The van der Waals surface area contributed by atoms with Crippen molar-refractivity contribution in [3.8, 4) is 0 Å². The summed E-state index contributed by atoms with van der Waals surface area (Å²) in [6, 6.07) is 6.11. The van der Waals surface area contributed by atoms with Gasteiger partial charge >= 0.3 is 5.97 Å². The minimum absolute atomic E-state index is 0.0335. The summed E-state index contributed by atoms with van der Waals surface area (Å²) in [5.74, 6) is -1.06. The van der Waals surface area contributed by atoms with E-state index < -0.39 is 5.97 Å². The van der Waals surface area contributed by atoms with Gasteiger partial charge in [-0.2, -0.15) is 0 Å². The molecule has 0 unspecified atom stereocenters. The molecule has 1 aromatic carbocycles. The van der Waals surface area contributed by atoms with Gasteiger partial charge in [0.15, 0.2) is 5.69 Å². The molecule has 5 heteroatoms. The molecule has 0 saturated heterocycles. The SMILES string of the molecule is Cc1ccc(Cn2cc(C(=O)O)nn2)cc1C. The first-order valence-electron chi connectivity index (χ1n) is 5.26. The van der Waals surface area contributed by atoms with Crippen molar-refractivity contribution in [3.63, 3.8) is 0 Å². The molecule has 0 atom stereocenters. The number of rotatable bonds is 3. The van der Waals surface area contributed by atoms with E-state index in [2.05, 4.69) is 23.3 Å². The van der Waals surface area contributed by atoms with E-state index in [1.807, 2.05) is 19.1 Å². The van der Waals surface area contributed by atoms with Crippen molar-refractivity contribution in [3.05, 3.63) is 46.8 Å². The van der Waals surface area contributed by atoms with Crippen LogP contribution in [0.15, 0.2) is 24.4 Å². The Morgan fingerprint density at radius 2 is 2.12 bits per heavy atom. The van der Waals surface area contributed by atoms with Gasteiger partial charge < -0.3 is 5.11 Å². The molecule has 1 aromatic heterocycles. The lowest BCUT2D eigenvalue weighted by Gasteiger charge is -2.04. The summed E-state index contributed by atoms with van der Waals surface area (Å²) in [5.41, 5.74) is 3.49. The first-order valence-corrected chi connectivity index (χ1v) is 5.26. The average Bonchev–Trinajstić information content (AvgIpc) is 2.72. The Morgan fingerprint density at radius 3 is 2.71 bits per heavy atom. The summed E-state index contributed by atoms with van der Waals surface area (Å²) in [6.07, 6.45) is 1.43. The normalized spacial score (nSPS) is 10.5. The molecule has 1 N–H and O–H groups in total. The molecule has 2 rings (SSSR count). The zero-order valence-corrected chi connectivity index (χ0v) is 9.71. The van der Waals surface area contributed by atoms with Gasteiger partial charge in [0, 0.05) is 0 Å². The van der Waals surface area contributed by atoms with E-state index in [-0.39, 0.29) is 5.69 Å². The number of carbonyl (C=O) groups is 1. The van der Waals surface area contributed by atoms with Crippen LogP contribution in [-0.4, -0.2) is 26.1 Å². The van der Waals surface area contributed by atoms with Crippen molar-refractivity contribution < 1.29 is 9.90 Å². The minimum atomic E-state index is -1.06. The van der Waals surface area contributed by atoms with E-state index in [4.69, 9.17) is 5.11 Å². The van der Waals surface area contributed by atoms with Crippen LogP contribution < -0.4 is 0 Å². The van der Waals surface area contributed by atoms with Crippen LogP contribution in [0, 0.1) is 13.8 Å². The maximum Gasteiger partial charge on any atom is 0.358 e. The molecule has 0 aliphatic rings. The van der Waals surface area contributed by atoms with Crippen LogP contribution in [0.4, 0.5) is 0 Å². The molecule has 17 heavy (non-hydrogen) atoms. The predicted molar refractivity (Wildman–Crippen MR) is 62.0 cm³/mol. The van der Waals surface area contributed by atoms with Crippen LogP contribution in [0.3, 0.4) is 0 Å². The Balaban J connectivity index is 2.19. The van der Waals surface area contributed by atoms with Gasteiger partial charge in [-0.25, -0.2) is 9.48 Å². The molecule has 0 saturated carbocycles. The molecular weight excluding hydrogens is 218 g/mol. The molecule has 0 aliphatic carbocycles. The Morgan fingerprint density at radius 1 is 1.35 bits per heavy atom. The number of carboxylic acids is 1. The fourth-order valence-electron chi connectivity index (χ4n) is 1.56. The van der Waals surface area contributed by atoms with E-state index >= 15 is 0 Å². The van der Waals surface area contributed by atoms with Gasteiger partial charge in [-0.15, -0.1) is 5.10 Å². The standard InChI is InChI=1S/C12H13N3O2/c1-8-3-4-10(5-9(8)2)6-15-7-11(12(16)17)13-14-15/h3-5,7H,6H2,1-2H3,(H,16,17). The van der Waals surface area contributed by atoms with Gasteiger partial charge in [0.05, 0.1) is 12.7 Å². The van der Waals surface area contributed by atoms with Crippen molar-refractivity contribution in [2.75, 3.05) is 0 Å². The molecular formula is C12H13N3O2. The highest BCUT2D eigenvalue weighted by Crippen LogP contribution is 2.10. The number of benzene rings is 1. The third-order valence-corrected chi connectivity index (χ3v) is 2.67. The number of nitrogens with zero attached hydrogens (tertiary/aromatic N) is 3. The average molecular weight is 231 g/mol. The van der Waals surface area contributed by atoms with E-state index in [0.717, 1.165) is 5.56 Å². The minimum Gasteiger partial charge on any atom is -0.476 e. The molecule has 0 spiro atoms. The fourth-order valence-corrected chi connectivity index (χ4v) is 1.56. The largest absolute Gasteiger partial charge is 0.476 e. The van der Waals surface area contributed by atoms with Crippen LogP contribution in [0.25, 0.3) is 0 Å². The summed E-state index contributed by atoms with van der Waals surface area (Å²) < 4.78 is 1.52. The highest BCUT2D eigenvalue weighted by molar-refractivity contribution is 5.84. The first kappa shape index (κ1) is 11.3. The molecule has 0 amide bonds. The Kier molecular flexibility index (Phi) is 2.91. The van der Waals surface area contributed by atoms with Crippen molar-refractivity contribution in [2.45, 2.75) is 20.4 Å². The number of aryl methyl sites for hydroxylation is 2. The third-order valence-electron chi connectivity index (χ3n) is 2.67. The van der Waals surface area contributed by atoms with Gasteiger partial charge in [0.2, 0.25) is 0 Å². The molecule has 0 radical (unpaired) electrons. The zero-order valence-electron chi connectivity index (χ0n) is 9.71. The summed E-state index contributed by atoms with van der Waals surface area (Å²) in [5, 5.41) is 16.1. The number of hydrogen-bond acceptors (Lipinski definition) is 3. The van der Waals surface area contributed by atoms with Crippen molar-refractivity contribution in [1.82, 2.24) is 15.0 Å². The molecule has 0 fully saturated rings. The lowest BCUT2D eigenvalue weighted by Crippen LogP contribution is -2.01. The molecule has 2 aromatic rings. The topological polar surface area (TPSA) is 68.0 Å². The van der Waals surface area contributed by atoms with Crippen LogP contribution >= 0.6 is 0 Å². The summed E-state index contributed by atoms with van der Waals surface area (Å²) >= 11 is 0. The molecule has 0 aliphatic heterocycles. The van der Waals surface area contributed by atoms with E-state index in [9.17, 15) is 4.79 Å². The van der Waals surface area contributed by atoms with Crippen molar-refractivity contribution >= 4 is 5.97 Å². The highest BCUT2D eigenvalue weighted by Gasteiger charge is 2.08. The Bertz CT molecular complexity index is 561. The van der Waals surface area contributed by atoms with Crippen molar-refractivity contribution in [1.29, 1.82) is 0 Å². The second-order valence-electron chi connectivity index (χ2n) is 4.03. The molecule has 0 bridgehead atoms. The maximum atomic E-state index is 10.6. The number of aromatic carboxylic acids is 1. The van der Waals surface area contributed by atoms with Gasteiger partial charge in [-0.05, 0) is 30.5 Å². The lowest BCUT2D eigenvalue weighted by atomic mass is 10.1. The summed E-state index contributed by atoms with van der Waals surface area (Å²) in [7, 11) is 0. The number of hydrogen-bond donors (Lipinski definition) is 1. The fraction of sp³-hybridized carbons (Fsp3) is 0.250. The van der Waals surface area contributed by atoms with Gasteiger partial charge in [-0.3, -0.25) is 0 Å². The van der Waals surface area contributed by atoms with Crippen LogP contribution in [0.1, 0.15) is 27.2 Å². The maximum absolute atomic E-state index is 10.6. The second-order valence-corrected chi connectivity index (χ2v) is 4.03. The van der Waals surface area contributed by atoms with Gasteiger partial charge in [0.1, 0.15) is 0 Å². The van der Waals surface area contributed by atoms with Gasteiger partial charge in [0.25, 0.3) is 0 Å². The summed E-state index contributed by atoms with van der Waals surface area (Å²) in [4.78, 5) is 10.6. The molecule has 5 nitrogen and oxygen atoms in total. The number of aromatic nitrogens is 3. The molecule has 1 heterocycles. The monoisotopic (exact) mass is 231 g/mol. The highest BCUT2D eigenvalue weighted by atomic mass is 16.4. The van der Waals surface area contributed by atoms with E-state index in [0.29, 0.717) is 6.54 Å². The predicted octanol–water partition coefficient (Wildman–Crippen LogP) is 1.64. The second kappa shape index (κ2) is 4.37. The van der Waals surface area contributed by atoms with Crippen LogP contribution in [0.2, 0.25) is 0 Å². The van der Waals surface area contributed by atoms with Crippen LogP contribution in [0.5, 0.6) is 0 Å². The van der Waals surface area contributed by atoms with E-state index in [1.165, 1.54) is 22.0 Å². The van der Waals surface area contributed by atoms with E-state index in [1.54, 1.807) is 0 Å². The molecule has 88 valence electrons. The number of carboxylic acid groups (broad SMARTS) is 1.